The topological polar surface area (TPSA) is 32.3 Å². The monoisotopic (exact) mass is 321 g/mol. The molecule has 0 aliphatic heterocycles. The largest absolute Gasteiger partial charge is 0.391 e. The van der Waals surface area contributed by atoms with Gasteiger partial charge >= 0.3 is 0 Å². The predicted octanol–water partition coefficient (Wildman–Crippen LogP) is 5.00. The van der Waals surface area contributed by atoms with Crippen LogP contribution in [0.1, 0.15) is 32.1 Å². The first-order valence-electron chi connectivity index (χ1n) is 6.62. The predicted molar refractivity (Wildman–Crippen MR) is 82.5 cm³/mol. The van der Waals surface area contributed by atoms with Gasteiger partial charge in [-0.25, -0.2) is 0 Å². The molecule has 1 unspecified atom stereocenters. The number of hydrogen-bond donors (Lipinski definition) is 2. The summed E-state index contributed by atoms with van der Waals surface area (Å²) in [5.41, 5.74) is 0.710. The van der Waals surface area contributed by atoms with Crippen LogP contribution < -0.4 is 5.32 Å². The summed E-state index contributed by atoms with van der Waals surface area (Å²) in [5, 5.41) is 14.6. The minimum Gasteiger partial charge on any atom is -0.391 e. The van der Waals surface area contributed by atoms with Crippen LogP contribution in [0.2, 0.25) is 15.1 Å². The van der Waals surface area contributed by atoms with Gasteiger partial charge in [-0.05, 0) is 24.5 Å². The molecule has 2 nitrogen and oxygen atoms in total. The number of rotatable bonds is 5. The molecule has 1 aliphatic carbocycles. The molecule has 2 N–H and O–H groups in total. The maximum Gasteiger partial charge on any atom is 0.0715 e. The molecule has 0 radical (unpaired) electrons. The van der Waals surface area contributed by atoms with E-state index in [9.17, 15) is 5.11 Å². The van der Waals surface area contributed by atoms with E-state index in [-0.39, 0.29) is 6.10 Å². The first-order chi connectivity index (χ1) is 9.06. The van der Waals surface area contributed by atoms with Gasteiger partial charge in [-0.15, -0.1) is 0 Å². The zero-order chi connectivity index (χ0) is 13.8. The molecular weight excluding hydrogens is 305 g/mol. The first-order valence-corrected chi connectivity index (χ1v) is 7.76. The summed E-state index contributed by atoms with van der Waals surface area (Å²) >= 11 is 17.9. The molecule has 1 aromatic carbocycles. The summed E-state index contributed by atoms with van der Waals surface area (Å²) in [7, 11) is 0. The molecule has 1 saturated carbocycles. The summed E-state index contributed by atoms with van der Waals surface area (Å²) < 4.78 is 0. The zero-order valence-corrected chi connectivity index (χ0v) is 12.9. The first kappa shape index (κ1) is 15.2. The van der Waals surface area contributed by atoms with Crippen LogP contribution in [0.25, 0.3) is 0 Å². The van der Waals surface area contributed by atoms with Crippen LogP contribution in [0.4, 0.5) is 5.69 Å². The highest BCUT2D eigenvalue weighted by Gasteiger charge is 2.18. The van der Waals surface area contributed by atoms with E-state index in [0.29, 0.717) is 33.2 Å². The molecule has 1 aliphatic rings. The molecule has 5 heteroatoms. The van der Waals surface area contributed by atoms with Gasteiger partial charge in [0.25, 0.3) is 0 Å². The summed E-state index contributed by atoms with van der Waals surface area (Å²) in [5.74, 6) is 0.668. The number of nitrogens with one attached hydrogen (secondary N) is 1. The van der Waals surface area contributed by atoms with Gasteiger partial charge in [0, 0.05) is 6.54 Å². The minimum atomic E-state index is -0.353. The third-order valence-electron chi connectivity index (χ3n) is 3.62. The van der Waals surface area contributed by atoms with E-state index in [4.69, 9.17) is 34.8 Å². The van der Waals surface area contributed by atoms with Gasteiger partial charge in [-0.1, -0.05) is 60.5 Å². The van der Waals surface area contributed by atoms with E-state index in [1.807, 2.05) is 0 Å². The number of halogens is 3. The van der Waals surface area contributed by atoms with E-state index >= 15 is 0 Å². The number of anilines is 1. The number of benzene rings is 1. The Morgan fingerprint density at radius 1 is 1.11 bits per heavy atom. The van der Waals surface area contributed by atoms with E-state index in [1.165, 1.54) is 25.7 Å². The van der Waals surface area contributed by atoms with Crippen LogP contribution in [-0.2, 0) is 0 Å². The standard InChI is InChI=1S/C14H18Cl3NO/c15-11-6-13(17)14(7-12(11)16)18-8-10(19)5-9-3-1-2-4-9/h6-7,9-10,18-19H,1-5,8H2. The molecule has 106 valence electrons. The quantitative estimate of drug-likeness (QED) is 0.748. The fourth-order valence-electron chi connectivity index (χ4n) is 2.60. The van der Waals surface area contributed by atoms with E-state index < -0.39 is 0 Å². The average molecular weight is 323 g/mol. The second-order valence-corrected chi connectivity index (χ2v) is 6.39. The van der Waals surface area contributed by atoms with Gasteiger partial charge in [-0.2, -0.15) is 0 Å². The highest BCUT2D eigenvalue weighted by molar-refractivity contribution is 6.44. The lowest BCUT2D eigenvalue weighted by Crippen LogP contribution is -2.22. The molecule has 0 amide bonds. The Kier molecular flexibility index (Phi) is 5.64. The molecule has 0 bridgehead atoms. The van der Waals surface area contributed by atoms with E-state index in [1.54, 1.807) is 12.1 Å². The Morgan fingerprint density at radius 2 is 1.74 bits per heavy atom. The normalized spacial score (nSPS) is 17.7. The fraction of sp³-hybridized carbons (Fsp3) is 0.571. The van der Waals surface area contributed by atoms with Crippen molar-refractivity contribution in [3.05, 3.63) is 27.2 Å². The second-order valence-electron chi connectivity index (χ2n) is 5.17. The average Bonchev–Trinajstić information content (AvgIpc) is 2.85. The lowest BCUT2D eigenvalue weighted by atomic mass is 10.00. The maximum atomic E-state index is 10.0. The van der Waals surface area contributed by atoms with Crippen molar-refractivity contribution in [3.8, 4) is 0 Å². The molecule has 2 rings (SSSR count). The van der Waals surface area contributed by atoms with E-state index in [2.05, 4.69) is 5.32 Å². The van der Waals surface area contributed by atoms with Crippen molar-refractivity contribution in [2.75, 3.05) is 11.9 Å². The third kappa shape index (κ3) is 4.42. The van der Waals surface area contributed by atoms with Crippen molar-refractivity contribution in [2.45, 2.75) is 38.2 Å². The van der Waals surface area contributed by atoms with Crippen molar-refractivity contribution in [2.24, 2.45) is 5.92 Å². The highest BCUT2D eigenvalue weighted by atomic mass is 35.5. The van der Waals surface area contributed by atoms with Gasteiger partial charge in [-0.3, -0.25) is 0 Å². The van der Waals surface area contributed by atoms with Gasteiger partial charge in [0.2, 0.25) is 0 Å². The summed E-state index contributed by atoms with van der Waals surface area (Å²) in [4.78, 5) is 0. The highest BCUT2D eigenvalue weighted by Crippen LogP contribution is 2.32. The fourth-order valence-corrected chi connectivity index (χ4v) is 3.21. The van der Waals surface area contributed by atoms with Crippen LogP contribution in [-0.4, -0.2) is 17.8 Å². The molecule has 0 spiro atoms. The van der Waals surface area contributed by atoms with Crippen LogP contribution in [0, 0.1) is 5.92 Å². The summed E-state index contributed by atoms with van der Waals surface area (Å²) in [6.45, 7) is 0.480. The number of aliphatic hydroxyl groups is 1. The molecule has 0 saturated heterocycles. The van der Waals surface area contributed by atoms with Crippen molar-refractivity contribution in [3.63, 3.8) is 0 Å². The SMILES string of the molecule is OC(CNc1cc(Cl)c(Cl)cc1Cl)CC1CCCC1. The Hall–Kier alpha value is -0.150. The van der Waals surface area contributed by atoms with Crippen molar-refractivity contribution in [1.29, 1.82) is 0 Å². The minimum absolute atomic E-state index is 0.353. The van der Waals surface area contributed by atoms with Gasteiger partial charge in [0.05, 0.1) is 26.9 Å². The maximum absolute atomic E-state index is 10.0. The zero-order valence-electron chi connectivity index (χ0n) is 10.6. The van der Waals surface area contributed by atoms with Crippen molar-refractivity contribution < 1.29 is 5.11 Å². The number of hydrogen-bond acceptors (Lipinski definition) is 2. The van der Waals surface area contributed by atoms with Crippen molar-refractivity contribution >= 4 is 40.5 Å². The Balaban J connectivity index is 1.85. The van der Waals surface area contributed by atoms with Crippen LogP contribution in [0.3, 0.4) is 0 Å². The molecule has 1 fully saturated rings. The molecule has 19 heavy (non-hydrogen) atoms. The third-order valence-corrected chi connectivity index (χ3v) is 4.65. The van der Waals surface area contributed by atoms with Crippen molar-refractivity contribution in [1.82, 2.24) is 0 Å². The molecule has 0 aromatic heterocycles. The van der Waals surface area contributed by atoms with Gasteiger partial charge in [0.15, 0.2) is 0 Å². The van der Waals surface area contributed by atoms with Crippen LogP contribution in [0.5, 0.6) is 0 Å². The smallest absolute Gasteiger partial charge is 0.0715 e. The lowest BCUT2D eigenvalue weighted by Gasteiger charge is -2.17. The second kappa shape index (κ2) is 7.03. The summed E-state index contributed by atoms with van der Waals surface area (Å²) in [6.07, 6.45) is 5.57. The Morgan fingerprint density at radius 3 is 2.42 bits per heavy atom. The molecular formula is C14H18Cl3NO. The molecule has 0 heterocycles. The van der Waals surface area contributed by atoms with Crippen LogP contribution >= 0.6 is 34.8 Å². The molecule has 1 aromatic rings. The summed E-state index contributed by atoms with van der Waals surface area (Å²) in [6, 6.07) is 3.30. The Bertz CT molecular complexity index is 433. The van der Waals surface area contributed by atoms with Gasteiger partial charge in [0.1, 0.15) is 0 Å². The van der Waals surface area contributed by atoms with Crippen LogP contribution in [0.15, 0.2) is 12.1 Å². The Labute approximate surface area is 129 Å². The van der Waals surface area contributed by atoms with E-state index in [0.717, 1.165) is 6.42 Å². The lowest BCUT2D eigenvalue weighted by molar-refractivity contribution is 0.155. The van der Waals surface area contributed by atoms with Gasteiger partial charge < -0.3 is 10.4 Å². The number of aliphatic hydroxyl groups excluding tert-OH is 1. The molecule has 1 atom stereocenters.